The molecule has 0 spiro atoms. The van der Waals surface area contributed by atoms with Crippen LogP contribution < -0.4 is 15.5 Å². The third-order valence-electron chi connectivity index (χ3n) is 6.38. The number of fused-ring (bicyclic) bond motifs is 4. The maximum atomic E-state index is 13.7. The Balaban J connectivity index is 1.43. The third kappa shape index (κ3) is 4.52. The van der Waals surface area contributed by atoms with Gasteiger partial charge in [0, 0.05) is 0 Å². The van der Waals surface area contributed by atoms with Crippen LogP contribution >= 0.6 is 11.6 Å². The van der Waals surface area contributed by atoms with Crippen LogP contribution in [0, 0.1) is 0 Å². The normalized spacial score (nSPS) is 14.9. The fourth-order valence-corrected chi connectivity index (χ4v) is 6.99. The van der Waals surface area contributed by atoms with Crippen LogP contribution in [0.2, 0.25) is 0 Å². The summed E-state index contributed by atoms with van der Waals surface area (Å²) in [5.41, 5.74) is 2.45. The fourth-order valence-electron chi connectivity index (χ4n) is 4.66. The molecule has 3 N–H and O–H groups in total. The quantitative estimate of drug-likeness (QED) is 0.163. The summed E-state index contributed by atoms with van der Waals surface area (Å²) in [5.74, 6) is 0.497. The topological polar surface area (TPSA) is 81.7 Å². The number of urea groups is 1. The maximum absolute atomic E-state index is 13.7. The van der Waals surface area contributed by atoms with Gasteiger partial charge in [-0.05, 0) is 0 Å². The minimum absolute atomic E-state index is 0.0000169. The summed E-state index contributed by atoms with van der Waals surface area (Å²) in [4.78, 5) is 27.5. The number of phenolic OH excluding ortho intramolecular Hbond substituents is 1. The predicted molar refractivity (Wildman–Crippen MR) is 144 cm³/mol. The van der Waals surface area contributed by atoms with E-state index in [0.29, 0.717) is 24.7 Å². The van der Waals surface area contributed by atoms with Crippen molar-refractivity contribution in [1.29, 1.82) is 0 Å². The van der Waals surface area contributed by atoms with Gasteiger partial charge < -0.3 is 0 Å². The van der Waals surface area contributed by atoms with Crippen LogP contribution in [-0.4, -0.2) is 50.5 Å². The molecule has 1 aliphatic heterocycles. The molecular formula is C27H26ClN3O3Se. The third-order valence-corrected chi connectivity index (χ3v) is 9.07. The van der Waals surface area contributed by atoms with Gasteiger partial charge >= 0.3 is 215 Å². The number of phenols is 1. The molecule has 4 aromatic rings. The van der Waals surface area contributed by atoms with Crippen LogP contribution in [0.5, 0.6) is 5.75 Å². The van der Waals surface area contributed by atoms with E-state index in [9.17, 15) is 14.7 Å². The van der Waals surface area contributed by atoms with Gasteiger partial charge in [-0.2, -0.15) is 0 Å². The van der Waals surface area contributed by atoms with E-state index in [1.807, 2.05) is 48.5 Å². The van der Waals surface area contributed by atoms with Gasteiger partial charge in [0.05, 0.1) is 0 Å². The van der Waals surface area contributed by atoms with Crippen LogP contribution in [0.15, 0.2) is 54.6 Å². The molecule has 1 aromatic heterocycles. The van der Waals surface area contributed by atoms with E-state index in [1.54, 1.807) is 11.0 Å². The molecule has 180 valence electrons. The standard InChI is InChI=1S/C27H26ClN3O3Se/c1-2-3-10-29-27(34)30-18-8-9-23-16(11-18)12-24(35-23)26(33)31-15-17(14-28)25-20-7-5-4-6-19(20)22(32)13-21(25)31/h4-9,11-13,17,32H,2-3,10,14-15H2,1H3,(H2,29,30,34)/t17-/m1/s1. The van der Waals surface area contributed by atoms with Crippen molar-refractivity contribution < 1.29 is 14.7 Å². The molecule has 0 saturated heterocycles. The van der Waals surface area contributed by atoms with Crippen molar-refractivity contribution in [1.82, 2.24) is 5.32 Å². The molecule has 2 heterocycles. The number of nitrogens with zero attached hydrogens (tertiary/aromatic N) is 1. The van der Waals surface area contributed by atoms with Crippen LogP contribution in [0.3, 0.4) is 0 Å². The van der Waals surface area contributed by atoms with Gasteiger partial charge in [-0.25, -0.2) is 0 Å². The first-order valence-electron chi connectivity index (χ1n) is 11.7. The monoisotopic (exact) mass is 555 g/mol. The van der Waals surface area contributed by atoms with E-state index in [0.717, 1.165) is 48.9 Å². The second kappa shape index (κ2) is 9.94. The Morgan fingerprint density at radius 1 is 1.14 bits per heavy atom. The second-order valence-corrected chi connectivity index (χ2v) is 11.3. The first-order valence-corrected chi connectivity index (χ1v) is 14.0. The summed E-state index contributed by atoms with van der Waals surface area (Å²) in [6.07, 6.45) is 1.96. The molecule has 8 heteroatoms. The van der Waals surface area contributed by atoms with Crippen molar-refractivity contribution in [2.24, 2.45) is 0 Å². The first-order chi connectivity index (χ1) is 17.0. The van der Waals surface area contributed by atoms with Crippen LogP contribution in [0.4, 0.5) is 16.2 Å². The molecule has 35 heavy (non-hydrogen) atoms. The molecule has 1 atom stereocenters. The Kier molecular flexibility index (Phi) is 6.74. The molecule has 5 rings (SSSR count). The van der Waals surface area contributed by atoms with Gasteiger partial charge in [-0.1, -0.05) is 0 Å². The average Bonchev–Trinajstić information content (AvgIpc) is 3.45. The zero-order chi connectivity index (χ0) is 24.5. The SMILES string of the molecule is CCCCNC(=O)Nc1ccc2[se]c(C(=O)N3C[C@@H](CCl)c4c3cc(O)c3ccccc43)cc2c1. The van der Waals surface area contributed by atoms with E-state index in [1.165, 1.54) is 0 Å². The number of unbranched alkanes of at least 4 members (excludes halogenated alkanes) is 1. The van der Waals surface area contributed by atoms with Gasteiger partial charge in [-0.3, -0.25) is 0 Å². The zero-order valence-electron chi connectivity index (χ0n) is 19.3. The van der Waals surface area contributed by atoms with Crippen molar-refractivity contribution in [2.45, 2.75) is 25.7 Å². The molecule has 0 fully saturated rings. The van der Waals surface area contributed by atoms with Crippen molar-refractivity contribution in [3.05, 3.63) is 64.6 Å². The van der Waals surface area contributed by atoms with E-state index in [2.05, 4.69) is 17.6 Å². The van der Waals surface area contributed by atoms with Crippen molar-refractivity contribution in [2.75, 3.05) is 29.2 Å². The summed E-state index contributed by atoms with van der Waals surface area (Å²) in [7, 11) is 0. The van der Waals surface area contributed by atoms with E-state index in [4.69, 9.17) is 11.6 Å². The van der Waals surface area contributed by atoms with Crippen LogP contribution in [-0.2, 0) is 0 Å². The predicted octanol–water partition coefficient (Wildman–Crippen LogP) is 5.66. The molecule has 0 unspecified atom stereocenters. The summed E-state index contributed by atoms with van der Waals surface area (Å²) >= 11 is 6.18. The Hall–Kier alpha value is -2.99. The Labute approximate surface area is 214 Å². The molecule has 0 saturated carbocycles. The van der Waals surface area contributed by atoms with Crippen molar-refractivity contribution >= 4 is 69.8 Å². The number of hydrogen-bond acceptors (Lipinski definition) is 3. The number of alkyl halides is 1. The van der Waals surface area contributed by atoms with Gasteiger partial charge in [0.25, 0.3) is 0 Å². The van der Waals surface area contributed by atoms with E-state index in [-0.39, 0.29) is 38.1 Å². The van der Waals surface area contributed by atoms with Crippen LogP contribution in [0.25, 0.3) is 20.4 Å². The first kappa shape index (κ1) is 23.7. The zero-order valence-corrected chi connectivity index (χ0v) is 21.8. The van der Waals surface area contributed by atoms with Crippen molar-refractivity contribution in [3.8, 4) is 5.75 Å². The molecule has 0 bridgehead atoms. The average molecular weight is 555 g/mol. The minimum atomic E-state index is -0.227. The summed E-state index contributed by atoms with van der Waals surface area (Å²) in [6.45, 7) is 3.20. The summed E-state index contributed by atoms with van der Waals surface area (Å²) in [6, 6.07) is 16.8. The summed E-state index contributed by atoms with van der Waals surface area (Å²) in [5, 5.41) is 19.0. The summed E-state index contributed by atoms with van der Waals surface area (Å²) < 4.78 is 1.85. The van der Waals surface area contributed by atoms with Gasteiger partial charge in [-0.15, -0.1) is 0 Å². The fraction of sp³-hybridized carbons (Fsp3) is 0.259. The Morgan fingerprint density at radius 2 is 1.94 bits per heavy atom. The molecule has 6 nitrogen and oxygen atoms in total. The number of carbonyl (C=O) groups excluding carboxylic acids is 2. The number of anilines is 2. The number of amides is 3. The van der Waals surface area contributed by atoms with Crippen molar-refractivity contribution in [3.63, 3.8) is 0 Å². The number of rotatable bonds is 6. The molecule has 0 aliphatic carbocycles. The Morgan fingerprint density at radius 3 is 2.71 bits per heavy atom. The number of carbonyl (C=O) groups is 2. The van der Waals surface area contributed by atoms with Gasteiger partial charge in [0.1, 0.15) is 0 Å². The van der Waals surface area contributed by atoms with Crippen LogP contribution in [0.1, 0.15) is 40.5 Å². The Bertz CT molecular complexity index is 1430. The van der Waals surface area contributed by atoms with Gasteiger partial charge in [0.15, 0.2) is 0 Å². The number of halogens is 1. The molecule has 1 aliphatic rings. The second-order valence-electron chi connectivity index (χ2n) is 8.74. The molecular weight excluding hydrogens is 529 g/mol. The number of benzene rings is 3. The van der Waals surface area contributed by atoms with E-state index >= 15 is 0 Å². The molecule has 3 amide bonds. The molecule has 0 radical (unpaired) electrons. The molecule has 3 aromatic carbocycles. The number of nitrogens with one attached hydrogen (secondary N) is 2. The van der Waals surface area contributed by atoms with Gasteiger partial charge in [0.2, 0.25) is 0 Å². The van der Waals surface area contributed by atoms with E-state index < -0.39 is 0 Å². The number of aromatic hydroxyl groups is 1. The number of hydrogen-bond donors (Lipinski definition) is 3.